The highest BCUT2D eigenvalue weighted by molar-refractivity contribution is 7.99. The molecule has 0 amide bonds. The van der Waals surface area contributed by atoms with Crippen LogP contribution in [0.25, 0.3) is 11.2 Å². The van der Waals surface area contributed by atoms with Crippen molar-refractivity contribution in [2.24, 2.45) is 0 Å². The number of phenols is 1. The zero-order valence-electron chi connectivity index (χ0n) is 13.8. The summed E-state index contributed by atoms with van der Waals surface area (Å²) in [4.78, 5) is 12.7. The Balaban J connectivity index is 1.48. The van der Waals surface area contributed by atoms with Crippen LogP contribution in [0.1, 0.15) is 37.4 Å². The first-order valence-corrected chi connectivity index (χ1v) is 9.90. The first-order valence-electron chi connectivity index (χ1n) is 8.53. The molecule has 2 aromatic heterocycles. The number of para-hydroxylation sites is 1. The number of H-pyrrole nitrogens is 1. The molecule has 0 saturated heterocycles. The molecule has 0 aliphatic heterocycles. The number of halogens is 1. The number of nitrogens with one attached hydrogen (secondary N) is 1. The summed E-state index contributed by atoms with van der Waals surface area (Å²) in [6.07, 6.45) is 2.99. The fourth-order valence-electron chi connectivity index (χ4n) is 4.72. The third kappa shape index (κ3) is 2.09. The molecule has 2 heterocycles. The Bertz CT molecular complexity index is 980. The number of hydrogen-bond acceptors (Lipinski definition) is 4. The first kappa shape index (κ1) is 15.5. The number of thioether (sulfide) groups is 1. The van der Waals surface area contributed by atoms with Crippen molar-refractivity contribution in [2.75, 3.05) is 5.75 Å². The Morgan fingerprint density at radius 3 is 2.68 bits per heavy atom. The summed E-state index contributed by atoms with van der Waals surface area (Å²) in [7, 11) is 0. The molecule has 0 atom stereocenters. The third-order valence-electron chi connectivity index (χ3n) is 5.69. The van der Waals surface area contributed by atoms with Gasteiger partial charge in [0.25, 0.3) is 0 Å². The molecular formula is C19H18ClN3OS. The van der Waals surface area contributed by atoms with Crippen LogP contribution in [0.2, 0.25) is 5.02 Å². The van der Waals surface area contributed by atoms with E-state index in [1.165, 1.54) is 0 Å². The van der Waals surface area contributed by atoms with Crippen LogP contribution in [-0.4, -0.2) is 25.8 Å². The van der Waals surface area contributed by atoms with Gasteiger partial charge in [0.2, 0.25) is 0 Å². The van der Waals surface area contributed by atoms with Crippen LogP contribution in [0.15, 0.2) is 35.5 Å². The summed E-state index contributed by atoms with van der Waals surface area (Å²) < 4.78 is 0. The molecule has 0 spiro atoms. The van der Waals surface area contributed by atoms with Crippen LogP contribution in [-0.2, 0) is 10.8 Å². The quantitative estimate of drug-likeness (QED) is 0.646. The molecule has 0 unspecified atom stereocenters. The molecule has 3 aliphatic rings. The van der Waals surface area contributed by atoms with Crippen molar-refractivity contribution in [3.63, 3.8) is 0 Å². The molecule has 3 fully saturated rings. The molecule has 4 nitrogen and oxygen atoms in total. The largest absolute Gasteiger partial charge is 0.508 e. The second kappa shape index (κ2) is 5.15. The van der Waals surface area contributed by atoms with Gasteiger partial charge < -0.3 is 10.1 Å². The number of aromatic nitrogens is 3. The molecule has 3 aliphatic carbocycles. The van der Waals surface area contributed by atoms with Crippen molar-refractivity contribution in [1.29, 1.82) is 0 Å². The van der Waals surface area contributed by atoms with Gasteiger partial charge in [-0.1, -0.05) is 48.5 Å². The number of hydrogen-bond donors (Lipinski definition) is 2. The van der Waals surface area contributed by atoms with Gasteiger partial charge in [-0.25, -0.2) is 9.97 Å². The Morgan fingerprint density at radius 1 is 1.20 bits per heavy atom. The van der Waals surface area contributed by atoms with E-state index < -0.39 is 0 Å². The molecule has 2 N–H and O–H groups in total. The van der Waals surface area contributed by atoms with E-state index in [9.17, 15) is 5.11 Å². The van der Waals surface area contributed by atoms with Crippen molar-refractivity contribution >= 4 is 34.5 Å². The number of nitrogens with zero attached hydrogens (tertiary/aromatic N) is 2. The topological polar surface area (TPSA) is 61.8 Å². The van der Waals surface area contributed by atoms with Crippen LogP contribution in [0.5, 0.6) is 5.75 Å². The van der Waals surface area contributed by atoms with Crippen LogP contribution >= 0.6 is 23.4 Å². The van der Waals surface area contributed by atoms with E-state index in [0.717, 1.165) is 57.6 Å². The van der Waals surface area contributed by atoms with Gasteiger partial charge >= 0.3 is 0 Å². The van der Waals surface area contributed by atoms with E-state index >= 15 is 0 Å². The molecule has 6 rings (SSSR count). The number of rotatable bonds is 4. The van der Waals surface area contributed by atoms with Gasteiger partial charge in [-0.3, -0.25) is 0 Å². The van der Waals surface area contributed by atoms with E-state index in [-0.39, 0.29) is 10.8 Å². The maximum Gasteiger partial charge on any atom is 0.178 e. The average molecular weight is 372 g/mol. The summed E-state index contributed by atoms with van der Waals surface area (Å²) in [5.74, 6) is 1.37. The minimum atomic E-state index is 0.0462. The van der Waals surface area contributed by atoms with Crippen LogP contribution in [0, 0.1) is 0 Å². The van der Waals surface area contributed by atoms with Crippen molar-refractivity contribution in [2.45, 2.75) is 42.2 Å². The van der Waals surface area contributed by atoms with E-state index in [1.807, 2.05) is 24.3 Å². The van der Waals surface area contributed by atoms with Gasteiger partial charge in [0, 0.05) is 16.4 Å². The van der Waals surface area contributed by atoms with E-state index in [1.54, 1.807) is 17.8 Å². The summed E-state index contributed by atoms with van der Waals surface area (Å²) in [6, 6.07) is 9.64. The normalized spacial score (nSPS) is 27.1. The lowest BCUT2D eigenvalue weighted by atomic mass is 9.32. The predicted octanol–water partition coefficient (Wildman–Crippen LogP) is 4.80. The minimum Gasteiger partial charge on any atom is -0.508 e. The number of aromatic amines is 1. The lowest BCUT2D eigenvalue weighted by Gasteiger charge is -2.70. The number of benzene rings is 1. The van der Waals surface area contributed by atoms with Gasteiger partial charge in [-0.2, -0.15) is 0 Å². The molecular weight excluding hydrogens is 354 g/mol. The van der Waals surface area contributed by atoms with Crippen LogP contribution in [0.3, 0.4) is 0 Å². The smallest absolute Gasteiger partial charge is 0.178 e. The number of aromatic hydroxyl groups is 1. The molecule has 6 heteroatoms. The van der Waals surface area contributed by atoms with Crippen molar-refractivity contribution in [1.82, 2.24) is 15.0 Å². The fourth-order valence-corrected chi connectivity index (χ4v) is 5.68. The van der Waals surface area contributed by atoms with Gasteiger partial charge in [-0.15, -0.1) is 0 Å². The van der Waals surface area contributed by atoms with Crippen LogP contribution < -0.4 is 0 Å². The van der Waals surface area contributed by atoms with Crippen molar-refractivity contribution in [3.05, 3.63) is 46.6 Å². The zero-order chi connectivity index (χ0) is 17.2. The maximum atomic E-state index is 10.2. The zero-order valence-corrected chi connectivity index (χ0v) is 15.4. The molecule has 3 saturated carbocycles. The molecule has 1 aromatic carbocycles. The number of pyridine rings is 1. The van der Waals surface area contributed by atoms with Crippen molar-refractivity contribution < 1.29 is 5.11 Å². The Hall–Kier alpha value is -1.72. The predicted molar refractivity (Wildman–Crippen MR) is 101 cm³/mol. The number of imidazole rings is 1. The summed E-state index contributed by atoms with van der Waals surface area (Å²) in [5.41, 5.74) is 3.82. The maximum absolute atomic E-state index is 10.2. The van der Waals surface area contributed by atoms with Gasteiger partial charge in [-0.05, 0) is 37.1 Å². The number of fused-ring (bicyclic) bond motifs is 1. The van der Waals surface area contributed by atoms with Gasteiger partial charge in [0.05, 0.1) is 16.2 Å². The Kier molecular flexibility index (Phi) is 3.20. The summed E-state index contributed by atoms with van der Waals surface area (Å²) in [6.45, 7) is 2.10. The standard InChI is InChI=1S/C19H18ClN3OS/c1-2-25-17-21-13-7-12(20)15(22-16(13)23-17)19-8-18(9-19,10-19)11-5-3-4-6-14(11)24/h3-7,24H,2,8-10H2,1H3,(H,21,22,23). The Morgan fingerprint density at radius 2 is 1.96 bits per heavy atom. The Labute approximate surface area is 155 Å². The van der Waals surface area contributed by atoms with Gasteiger partial charge in [0.1, 0.15) is 5.75 Å². The number of phenolic OH excluding ortho intramolecular Hbond substituents is 1. The third-order valence-corrected chi connectivity index (χ3v) is 6.74. The fraction of sp³-hybridized carbons (Fsp3) is 0.368. The highest BCUT2D eigenvalue weighted by Crippen LogP contribution is 2.75. The monoisotopic (exact) mass is 371 g/mol. The van der Waals surface area contributed by atoms with Crippen molar-refractivity contribution in [3.8, 4) is 5.75 Å². The molecule has 0 radical (unpaired) electrons. The molecule has 2 bridgehead atoms. The first-order chi connectivity index (χ1) is 12.1. The average Bonchev–Trinajstić information content (AvgIpc) is 2.88. The minimum absolute atomic E-state index is 0.0462. The second-order valence-corrected chi connectivity index (χ2v) is 8.93. The summed E-state index contributed by atoms with van der Waals surface area (Å²) in [5, 5.41) is 11.8. The van der Waals surface area contributed by atoms with Crippen LogP contribution in [0.4, 0.5) is 0 Å². The highest BCUT2D eigenvalue weighted by Gasteiger charge is 2.70. The van der Waals surface area contributed by atoms with Gasteiger partial charge in [0.15, 0.2) is 10.8 Å². The highest BCUT2D eigenvalue weighted by atomic mass is 35.5. The molecule has 3 aromatic rings. The summed E-state index contributed by atoms with van der Waals surface area (Å²) >= 11 is 8.24. The molecule has 128 valence electrons. The second-order valence-electron chi connectivity index (χ2n) is 7.27. The van der Waals surface area contributed by atoms with E-state index in [4.69, 9.17) is 16.6 Å². The lowest BCUT2D eigenvalue weighted by Crippen LogP contribution is -2.67. The van der Waals surface area contributed by atoms with E-state index in [2.05, 4.69) is 16.9 Å². The molecule has 25 heavy (non-hydrogen) atoms. The SMILES string of the molecule is CCSc1nc2nc(C34CC(c5ccccc5O)(C3)C4)c(Cl)cc2[nH]1. The van der Waals surface area contributed by atoms with E-state index in [0.29, 0.717) is 5.75 Å². The lowest BCUT2D eigenvalue weighted by molar-refractivity contribution is -0.0732.